The molecule has 0 aliphatic carbocycles. The van der Waals surface area contributed by atoms with Gasteiger partial charge in [0.15, 0.2) is 0 Å². The van der Waals surface area contributed by atoms with Crippen LogP contribution in [0.1, 0.15) is 19.5 Å². The molecular weight excluding hydrogens is 522 g/mol. The maximum absolute atomic E-state index is 8.68. The van der Waals surface area contributed by atoms with Crippen molar-refractivity contribution >= 4 is 32.6 Å². The van der Waals surface area contributed by atoms with Crippen molar-refractivity contribution < 1.29 is 6.85 Å². The van der Waals surface area contributed by atoms with E-state index in [1.165, 1.54) is 0 Å². The quantitative estimate of drug-likeness (QED) is 0.197. The highest BCUT2D eigenvalue weighted by Crippen LogP contribution is 2.46. The molecule has 8 aromatic rings. The van der Waals surface area contributed by atoms with Crippen LogP contribution in [0.15, 0.2) is 146 Å². The highest BCUT2D eigenvalue weighted by molar-refractivity contribution is 6.22. The van der Waals surface area contributed by atoms with Crippen LogP contribution in [0, 0.1) is 0 Å². The van der Waals surface area contributed by atoms with E-state index in [2.05, 4.69) is 70.6 Å². The number of fused-ring (bicyclic) bond motifs is 3. The van der Waals surface area contributed by atoms with Crippen LogP contribution in [0.25, 0.3) is 71.8 Å². The van der Waals surface area contributed by atoms with Crippen LogP contribution < -0.4 is 0 Å². The molecule has 3 nitrogen and oxygen atoms in total. The van der Waals surface area contributed by atoms with E-state index >= 15 is 0 Å². The van der Waals surface area contributed by atoms with Crippen molar-refractivity contribution in [3.8, 4) is 39.2 Å². The number of pyridine rings is 1. The van der Waals surface area contributed by atoms with Gasteiger partial charge in [-0.1, -0.05) is 110 Å². The molecule has 2 aromatic heterocycles. The zero-order valence-electron chi connectivity index (χ0n) is 28.2. The average molecular weight is 557 g/mol. The van der Waals surface area contributed by atoms with E-state index in [-0.39, 0.29) is 5.82 Å². The molecular formula is C40H29N3. The fraction of sp³-hybridized carbons (Fsp3) is 0.0500. The van der Waals surface area contributed by atoms with E-state index < -0.39 is 13.2 Å². The van der Waals surface area contributed by atoms with Crippen molar-refractivity contribution in [2.45, 2.75) is 13.2 Å². The molecule has 0 N–H and O–H groups in total. The number of para-hydroxylation sites is 2. The molecule has 0 bridgehead atoms. The minimum absolute atomic E-state index is 0.156. The van der Waals surface area contributed by atoms with Gasteiger partial charge in [0, 0.05) is 30.7 Å². The van der Waals surface area contributed by atoms with E-state index in [1.54, 1.807) is 10.6 Å². The van der Waals surface area contributed by atoms with Gasteiger partial charge in [-0.05, 0) is 80.2 Å². The highest BCUT2D eigenvalue weighted by atomic mass is 15.1. The number of benzene rings is 6. The third-order valence-corrected chi connectivity index (χ3v) is 8.13. The van der Waals surface area contributed by atoms with Gasteiger partial charge in [0.05, 0.1) is 16.7 Å². The molecule has 0 saturated heterocycles. The molecule has 0 spiro atoms. The van der Waals surface area contributed by atoms with Crippen molar-refractivity contribution in [2.75, 3.05) is 0 Å². The monoisotopic (exact) mass is 556 g/mol. The predicted octanol–water partition coefficient (Wildman–Crippen LogP) is 10.3. The maximum atomic E-state index is 8.68. The lowest BCUT2D eigenvalue weighted by Crippen LogP contribution is -2.00. The molecule has 0 aliphatic heterocycles. The van der Waals surface area contributed by atoms with Gasteiger partial charge in [-0.15, -0.1) is 0 Å². The molecule has 0 fully saturated rings. The summed E-state index contributed by atoms with van der Waals surface area (Å²) in [6.45, 7) is -2.92. The average Bonchev–Trinajstić information content (AvgIpc) is 3.51. The topological polar surface area (TPSA) is 30.7 Å². The Morgan fingerprint density at radius 2 is 1.28 bits per heavy atom. The largest absolute Gasteiger partial charge is 0.296 e. The first-order valence-electron chi connectivity index (χ1n) is 16.8. The number of hydrogen-bond acceptors (Lipinski definition) is 2. The second kappa shape index (κ2) is 10.4. The van der Waals surface area contributed by atoms with Crippen LogP contribution in [-0.2, 0) is 6.37 Å². The number of aryl methyl sites for hydroxylation is 1. The summed E-state index contributed by atoms with van der Waals surface area (Å²) in [7, 11) is 0. The fourth-order valence-electron chi connectivity index (χ4n) is 6.35. The maximum Gasteiger partial charge on any atom is 0.114 e. The molecule has 8 rings (SSSR count). The first-order valence-corrected chi connectivity index (χ1v) is 14.3. The molecule has 0 saturated carbocycles. The Morgan fingerprint density at radius 3 is 2.00 bits per heavy atom. The SMILES string of the molecule is [2H]C([2H])([2H])C([2H])([2H])c1nc2ccccc2n1-c1cccc(-c2c3ccccc3c(-c3ccccc3-c3ccccn3)c3ccccc23)c1. The van der Waals surface area contributed by atoms with Crippen molar-refractivity contribution in [3.63, 3.8) is 0 Å². The van der Waals surface area contributed by atoms with Crippen molar-refractivity contribution in [1.82, 2.24) is 14.5 Å². The Kier molecular flexibility index (Phi) is 4.91. The van der Waals surface area contributed by atoms with Crippen LogP contribution >= 0.6 is 0 Å². The smallest absolute Gasteiger partial charge is 0.114 e. The van der Waals surface area contributed by atoms with E-state index in [0.717, 1.165) is 55.1 Å². The summed E-state index contributed by atoms with van der Waals surface area (Å²) in [5, 5.41) is 4.31. The van der Waals surface area contributed by atoms with E-state index in [9.17, 15) is 0 Å². The minimum Gasteiger partial charge on any atom is -0.296 e. The van der Waals surface area contributed by atoms with Crippen molar-refractivity contribution in [2.24, 2.45) is 0 Å². The summed E-state index contributed by atoms with van der Waals surface area (Å²) >= 11 is 0. The van der Waals surface area contributed by atoms with Gasteiger partial charge >= 0.3 is 0 Å². The summed E-state index contributed by atoms with van der Waals surface area (Å²) in [6, 6.07) is 46.3. The Labute approximate surface area is 257 Å². The second-order valence-corrected chi connectivity index (χ2v) is 10.5. The van der Waals surface area contributed by atoms with Crippen molar-refractivity contribution in [3.05, 3.63) is 152 Å². The Bertz CT molecular complexity index is 2430. The zero-order chi connectivity index (χ0) is 33.0. The molecule has 3 heteroatoms. The summed E-state index contributed by atoms with van der Waals surface area (Å²) in [5.41, 5.74) is 7.90. The molecule has 0 amide bonds. The first kappa shape index (κ1) is 20.4. The minimum atomic E-state index is -2.92. The third-order valence-electron chi connectivity index (χ3n) is 8.13. The molecule has 0 radical (unpaired) electrons. The third kappa shape index (κ3) is 4.12. The standard InChI is InChI=1S/C40H29N3/c1-2-38-42-36-23-9-10-24-37(36)43(38)28-15-13-14-27(26-28)39-31-18-5-7-20-33(31)40(34-21-8-6-19-32(34)39)30-17-4-3-16-29(30)35-22-11-12-25-41-35/h3-26H,2H2,1H3/i1D3,2D2. The van der Waals surface area contributed by atoms with E-state index in [0.29, 0.717) is 16.7 Å². The number of rotatable bonds is 5. The second-order valence-electron chi connectivity index (χ2n) is 10.5. The molecule has 6 aromatic carbocycles. The fourth-order valence-corrected chi connectivity index (χ4v) is 6.35. The molecule has 0 atom stereocenters. The number of hydrogen-bond donors (Lipinski definition) is 0. The molecule has 0 unspecified atom stereocenters. The van der Waals surface area contributed by atoms with Gasteiger partial charge in [-0.25, -0.2) is 4.98 Å². The van der Waals surface area contributed by atoms with Gasteiger partial charge in [0.1, 0.15) is 5.82 Å². The molecule has 2 heterocycles. The van der Waals surface area contributed by atoms with Gasteiger partial charge in [0.25, 0.3) is 0 Å². The summed E-state index contributed by atoms with van der Waals surface area (Å²) in [5.74, 6) is -0.156. The van der Waals surface area contributed by atoms with E-state index in [1.807, 2.05) is 79.0 Å². The molecule has 43 heavy (non-hydrogen) atoms. The lowest BCUT2D eigenvalue weighted by atomic mass is 9.84. The number of aromatic nitrogens is 3. The Morgan fingerprint density at radius 1 is 0.628 bits per heavy atom. The van der Waals surface area contributed by atoms with Crippen molar-refractivity contribution in [1.29, 1.82) is 0 Å². The van der Waals surface area contributed by atoms with Gasteiger partial charge in [-0.3, -0.25) is 9.55 Å². The Hall–Kier alpha value is -5.54. The normalized spacial score (nSPS) is 13.8. The van der Waals surface area contributed by atoms with Crippen LogP contribution in [0.4, 0.5) is 0 Å². The van der Waals surface area contributed by atoms with Gasteiger partial charge in [0.2, 0.25) is 0 Å². The molecule has 204 valence electrons. The van der Waals surface area contributed by atoms with Crippen LogP contribution in [0.2, 0.25) is 0 Å². The number of imidazole rings is 1. The lowest BCUT2D eigenvalue weighted by molar-refractivity contribution is 0.908. The van der Waals surface area contributed by atoms with Gasteiger partial charge < -0.3 is 0 Å². The summed E-state index contributed by atoms with van der Waals surface area (Å²) in [4.78, 5) is 9.22. The van der Waals surface area contributed by atoms with E-state index in [4.69, 9.17) is 6.85 Å². The van der Waals surface area contributed by atoms with Crippen LogP contribution in [0.5, 0.6) is 0 Å². The lowest BCUT2D eigenvalue weighted by Gasteiger charge is -2.20. The highest BCUT2D eigenvalue weighted by Gasteiger charge is 2.19. The molecule has 0 aliphatic rings. The number of nitrogens with zero attached hydrogens (tertiary/aromatic N) is 3. The summed E-state index contributed by atoms with van der Waals surface area (Å²) in [6.07, 6.45) is -0.874. The first-order chi connectivity index (χ1) is 23.2. The van der Waals surface area contributed by atoms with Crippen LogP contribution in [0.3, 0.4) is 0 Å². The zero-order valence-corrected chi connectivity index (χ0v) is 23.2. The van der Waals surface area contributed by atoms with Crippen LogP contribution in [-0.4, -0.2) is 14.5 Å². The Balaban J connectivity index is 1.41. The summed E-state index contributed by atoms with van der Waals surface area (Å²) < 4.78 is 43.1. The predicted molar refractivity (Wildman–Crippen MR) is 180 cm³/mol. The van der Waals surface area contributed by atoms with Gasteiger partial charge in [-0.2, -0.15) is 0 Å².